The van der Waals surface area contributed by atoms with Gasteiger partial charge in [0.05, 0.1) is 7.11 Å². The van der Waals surface area contributed by atoms with Crippen LogP contribution in [0, 0.1) is 0 Å². The predicted octanol–water partition coefficient (Wildman–Crippen LogP) is 1.16. The van der Waals surface area contributed by atoms with Crippen molar-refractivity contribution in [2.75, 3.05) is 26.8 Å². The van der Waals surface area contributed by atoms with Crippen molar-refractivity contribution in [1.29, 1.82) is 0 Å². The van der Waals surface area contributed by atoms with E-state index >= 15 is 0 Å². The number of rotatable bonds is 6. The first kappa shape index (κ1) is 14.8. The van der Waals surface area contributed by atoms with E-state index in [-0.39, 0.29) is 12.0 Å². The van der Waals surface area contributed by atoms with Gasteiger partial charge in [-0.3, -0.25) is 9.69 Å². The smallest absolute Gasteiger partial charge is 0.323 e. The molecule has 5 nitrogen and oxygen atoms in total. The second-order valence-corrected chi connectivity index (χ2v) is 4.91. The van der Waals surface area contributed by atoms with Crippen molar-refractivity contribution in [1.82, 2.24) is 4.90 Å². The molecule has 1 fully saturated rings. The average molecular weight is 278 g/mol. The number of methoxy groups -OCH3 is 1. The molecule has 0 amide bonds. The number of ether oxygens (including phenoxy) is 2. The Bertz CT molecular complexity index is 433. The molecule has 0 aromatic heterocycles. The summed E-state index contributed by atoms with van der Waals surface area (Å²) in [4.78, 5) is 13.7. The van der Waals surface area contributed by atoms with Gasteiger partial charge in [0, 0.05) is 13.1 Å². The SMILES string of the molecule is COC(=O)C1CCCN1CCOc1ccc(CN)cc1. The quantitative estimate of drug-likeness (QED) is 0.791. The molecule has 1 aromatic rings. The Morgan fingerprint density at radius 3 is 2.80 bits per heavy atom. The highest BCUT2D eigenvalue weighted by Crippen LogP contribution is 2.18. The van der Waals surface area contributed by atoms with Crippen LogP contribution < -0.4 is 10.5 Å². The molecule has 5 heteroatoms. The molecule has 1 heterocycles. The molecule has 20 heavy (non-hydrogen) atoms. The van der Waals surface area contributed by atoms with Gasteiger partial charge in [0.15, 0.2) is 0 Å². The Kier molecular flexibility index (Phi) is 5.38. The van der Waals surface area contributed by atoms with Crippen molar-refractivity contribution in [2.24, 2.45) is 5.73 Å². The van der Waals surface area contributed by atoms with Gasteiger partial charge in [-0.15, -0.1) is 0 Å². The van der Waals surface area contributed by atoms with E-state index in [4.69, 9.17) is 15.2 Å². The van der Waals surface area contributed by atoms with Gasteiger partial charge < -0.3 is 15.2 Å². The van der Waals surface area contributed by atoms with Crippen molar-refractivity contribution >= 4 is 5.97 Å². The summed E-state index contributed by atoms with van der Waals surface area (Å²) in [6.07, 6.45) is 1.91. The fourth-order valence-corrected chi connectivity index (χ4v) is 2.50. The number of hydrogen-bond donors (Lipinski definition) is 1. The Morgan fingerprint density at radius 1 is 1.40 bits per heavy atom. The molecule has 1 unspecified atom stereocenters. The minimum Gasteiger partial charge on any atom is -0.492 e. The molecule has 0 radical (unpaired) electrons. The average Bonchev–Trinajstić information content (AvgIpc) is 2.95. The molecule has 1 aliphatic heterocycles. The van der Waals surface area contributed by atoms with Crippen molar-refractivity contribution in [3.8, 4) is 5.75 Å². The monoisotopic (exact) mass is 278 g/mol. The summed E-state index contributed by atoms with van der Waals surface area (Å²) in [6.45, 7) is 2.76. The fourth-order valence-electron chi connectivity index (χ4n) is 2.50. The lowest BCUT2D eigenvalue weighted by Crippen LogP contribution is -2.39. The summed E-state index contributed by atoms with van der Waals surface area (Å²) in [5.41, 5.74) is 6.63. The van der Waals surface area contributed by atoms with Crippen LogP contribution >= 0.6 is 0 Å². The molecule has 110 valence electrons. The zero-order valence-corrected chi connectivity index (χ0v) is 11.9. The maximum absolute atomic E-state index is 11.6. The van der Waals surface area contributed by atoms with Crippen LogP contribution in [0.5, 0.6) is 5.75 Å². The lowest BCUT2D eigenvalue weighted by molar-refractivity contribution is -0.145. The van der Waals surface area contributed by atoms with Crippen LogP contribution in [-0.2, 0) is 16.1 Å². The van der Waals surface area contributed by atoms with Crippen LogP contribution in [0.4, 0.5) is 0 Å². The van der Waals surface area contributed by atoms with Gasteiger partial charge >= 0.3 is 5.97 Å². The molecule has 0 aliphatic carbocycles. The van der Waals surface area contributed by atoms with Crippen LogP contribution in [0.15, 0.2) is 24.3 Å². The second kappa shape index (κ2) is 7.26. The Balaban J connectivity index is 1.78. The number of carbonyl (C=O) groups is 1. The minimum atomic E-state index is -0.144. The van der Waals surface area contributed by atoms with E-state index in [0.29, 0.717) is 13.2 Å². The third kappa shape index (κ3) is 3.71. The number of nitrogens with zero attached hydrogens (tertiary/aromatic N) is 1. The normalized spacial score (nSPS) is 19.0. The second-order valence-electron chi connectivity index (χ2n) is 4.91. The standard InChI is InChI=1S/C15H22N2O3/c1-19-15(18)14-3-2-8-17(14)9-10-20-13-6-4-12(11-16)5-7-13/h4-7,14H,2-3,8-11,16H2,1H3. The minimum absolute atomic E-state index is 0.108. The number of benzene rings is 1. The summed E-state index contributed by atoms with van der Waals surface area (Å²) in [5.74, 6) is 0.686. The van der Waals surface area contributed by atoms with Crippen molar-refractivity contribution in [3.63, 3.8) is 0 Å². The molecular formula is C15H22N2O3. The van der Waals surface area contributed by atoms with Crippen molar-refractivity contribution < 1.29 is 14.3 Å². The number of carbonyl (C=O) groups excluding carboxylic acids is 1. The highest BCUT2D eigenvalue weighted by atomic mass is 16.5. The van der Waals surface area contributed by atoms with Crippen LogP contribution in [0.1, 0.15) is 18.4 Å². The molecule has 0 saturated carbocycles. The molecule has 0 spiro atoms. The molecule has 1 saturated heterocycles. The van der Waals surface area contributed by atoms with Crippen LogP contribution in [0.3, 0.4) is 0 Å². The van der Waals surface area contributed by atoms with E-state index in [2.05, 4.69) is 4.90 Å². The summed E-state index contributed by atoms with van der Waals surface area (Å²) < 4.78 is 10.5. The zero-order chi connectivity index (χ0) is 14.4. The molecule has 0 bridgehead atoms. The zero-order valence-electron chi connectivity index (χ0n) is 11.9. The van der Waals surface area contributed by atoms with Crippen molar-refractivity contribution in [2.45, 2.75) is 25.4 Å². The van der Waals surface area contributed by atoms with Gasteiger partial charge in [0.2, 0.25) is 0 Å². The lowest BCUT2D eigenvalue weighted by atomic mass is 10.2. The Labute approximate surface area is 119 Å². The first-order valence-corrected chi connectivity index (χ1v) is 6.98. The van der Waals surface area contributed by atoms with Gasteiger partial charge in [-0.2, -0.15) is 0 Å². The molecule has 1 aliphatic rings. The topological polar surface area (TPSA) is 64.8 Å². The molecule has 2 N–H and O–H groups in total. The summed E-state index contributed by atoms with van der Waals surface area (Å²) in [6, 6.07) is 7.65. The van der Waals surface area contributed by atoms with E-state index in [1.165, 1.54) is 7.11 Å². The van der Waals surface area contributed by atoms with E-state index in [9.17, 15) is 4.79 Å². The molecule has 1 atom stereocenters. The summed E-state index contributed by atoms with van der Waals surface area (Å²) >= 11 is 0. The molecule has 1 aromatic carbocycles. The summed E-state index contributed by atoms with van der Waals surface area (Å²) in [5, 5.41) is 0. The van der Waals surface area contributed by atoms with Gasteiger partial charge in [-0.05, 0) is 37.1 Å². The number of nitrogens with two attached hydrogens (primary N) is 1. The molecular weight excluding hydrogens is 256 g/mol. The Hall–Kier alpha value is -1.59. The number of hydrogen-bond acceptors (Lipinski definition) is 5. The van der Waals surface area contributed by atoms with E-state index in [0.717, 1.165) is 37.2 Å². The lowest BCUT2D eigenvalue weighted by Gasteiger charge is -2.22. The fraction of sp³-hybridized carbons (Fsp3) is 0.533. The Morgan fingerprint density at radius 2 is 2.15 bits per heavy atom. The first-order chi connectivity index (χ1) is 9.74. The van der Waals surface area contributed by atoms with E-state index < -0.39 is 0 Å². The van der Waals surface area contributed by atoms with E-state index in [1.54, 1.807) is 0 Å². The van der Waals surface area contributed by atoms with Crippen molar-refractivity contribution in [3.05, 3.63) is 29.8 Å². The predicted molar refractivity (Wildman–Crippen MR) is 76.4 cm³/mol. The van der Waals surface area contributed by atoms with Crippen LogP contribution in [0.25, 0.3) is 0 Å². The highest BCUT2D eigenvalue weighted by Gasteiger charge is 2.30. The first-order valence-electron chi connectivity index (χ1n) is 6.98. The maximum Gasteiger partial charge on any atom is 0.323 e. The van der Waals surface area contributed by atoms with Gasteiger partial charge in [-0.25, -0.2) is 0 Å². The summed E-state index contributed by atoms with van der Waals surface area (Å²) in [7, 11) is 1.44. The van der Waals surface area contributed by atoms with Crippen LogP contribution in [-0.4, -0.2) is 43.7 Å². The largest absolute Gasteiger partial charge is 0.492 e. The maximum atomic E-state index is 11.6. The van der Waals surface area contributed by atoms with Gasteiger partial charge in [-0.1, -0.05) is 12.1 Å². The van der Waals surface area contributed by atoms with Crippen LogP contribution in [0.2, 0.25) is 0 Å². The number of likely N-dealkylation sites (tertiary alicyclic amines) is 1. The number of esters is 1. The van der Waals surface area contributed by atoms with E-state index in [1.807, 2.05) is 24.3 Å². The van der Waals surface area contributed by atoms with Gasteiger partial charge in [0.1, 0.15) is 18.4 Å². The highest BCUT2D eigenvalue weighted by molar-refractivity contribution is 5.75. The third-order valence-electron chi connectivity index (χ3n) is 3.64. The van der Waals surface area contributed by atoms with Gasteiger partial charge in [0.25, 0.3) is 0 Å². The third-order valence-corrected chi connectivity index (χ3v) is 3.64. The molecule has 2 rings (SSSR count).